The van der Waals surface area contributed by atoms with Gasteiger partial charge in [-0.3, -0.25) is 10.1 Å². The van der Waals surface area contributed by atoms with Crippen molar-refractivity contribution in [1.29, 1.82) is 0 Å². The van der Waals surface area contributed by atoms with Crippen molar-refractivity contribution in [2.75, 3.05) is 23.3 Å². The third-order valence-electron chi connectivity index (χ3n) is 4.29. The zero-order chi connectivity index (χ0) is 17.1. The van der Waals surface area contributed by atoms with Gasteiger partial charge in [-0.1, -0.05) is 12.1 Å². The molecule has 0 atom stereocenters. The molecule has 0 spiro atoms. The fourth-order valence-electron chi connectivity index (χ4n) is 2.96. The standard InChI is InChI=1S/C17H21N5O2/c1-12-6-7-13(2)14(10-12)20-16-15(22(23)24)17(19-11-18-16)21-8-4-3-5-9-21/h6-7,10-11H,3-5,8-9H2,1-2H3,(H,18,19,20). The van der Waals surface area contributed by atoms with E-state index in [-0.39, 0.29) is 11.5 Å². The van der Waals surface area contributed by atoms with E-state index in [9.17, 15) is 10.1 Å². The third kappa shape index (κ3) is 3.29. The van der Waals surface area contributed by atoms with Gasteiger partial charge < -0.3 is 10.2 Å². The summed E-state index contributed by atoms with van der Waals surface area (Å²) in [4.78, 5) is 21.6. The van der Waals surface area contributed by atoms with E-state index in [0.717, 1.165) is 49.2 Å². The number of anilines is 3. The molecule has 0 bridgehead atoms. The Balaban J connectivity index is 2.01. The van der Waals surface area contributed by atoms with E-state index in [1.54, 1.807) is 0 Å². The second-order valence-corrected chi connectivity index (χ2v) is 6.14. The largest absolute Gasteiger partial charge is 0.353 e. The number of hydrogen-bond donors (Lipinski definition) is 1. The Hall–Kier alpha value is -2.70. The second kappa shape index (κ2) is 6.82. The number of rotatable bonds is 4. The summed E-state index contributed by atoms with van der Waals surface area (Å²) >= 11 is 0. The van der Waals surface area contributed by atoms with Gasteiger partial charge in [0.15, 0.2) is 0 Å². The summed E-state index contributed by atoms with van der Waals surface area (Å²) < 4.78 is 0. The first-order chi connectivity index (χ1) is 11.6. The van der Waals surface area contributed by atoms with E-state index in [4.69, 9.17) is 0 Å². The number of benzene rings is 1. The molecule has 0 amide bonds. The predicted octanol–water partition coefficient (Wildman–Crippen LogP) is 3.74. The summed E-state index contributed by atoms with van der Waals surface area (Å²) in [5.74, 6) is 0.645. The highest BCUT2D eigenvalue weighted by Crippen LogP contribution is 2.35. The van der Waals surface area contributed by atoms with Crippen LogP contribution in [0.15, 0.2) is 24.5 Å². The highest BCUT2D eigenvalue weighted by atomic mass is 16.6. The van der Waals surface area contributed by atoms with Crippen LogP contribution in [0.5, 0.6) is 0 Å². The lowest BCUT2D eigenvalue weighted by molar-refractivity contribution is -0.383. The van der Waals surface area contributed by atoms with Crippen molar-refractivity contribution in [3.05, 3.63) is 45.8 Å². The molecule has 1 saturated heterocycles. The fraction of sp³-hybridized carbons (Fsp3) is 0.412. The van der Waals surface area contributed by atoms with E-state index in [0.29, 0.717) is 5.82 Å². The lowest BCUT2D eigenvalue weighted by atomic mass is 10.1. The average Bonchev–Trinajstić information content (AvgIpc) is 2.58. The molecule has 1 fully saturated rings. The Labute approximate surface area is 140 Å². The lowest BCUT2D eigenvalue weighted by Crippen LogP contribution is -2.31. The highest BCUT2D eigenvalue weighted by Gasteiger charge is 2.28. The summed E-state index contributed by atoms with van der Waals surface area (Å²) in [6.07, 6.45) is 4.61. The minimum Gasteiger partial charge on any atom is -0.351 e. The molecule has 0 saturated carbocycles. The first kappa shape index (κ1) is 16.2. The summed E-state index contributed by atoms with van der Waals surface area (Å²) in [5.41, 5.74) is 2.85. The monoisotopic (exact) mass is 327 g/mol. The van der Waals surface area contributed by atoms with Crippen molar-refractivity contribution in [3.63, 3.8) is 0 Å². The van der Waals surface area contributed by atoms with Gasteiger partial charge >= 0.3 is 5.69 Å². The fourth-order valence-corrected chi connectivity index (χ4v) is 2.96. The van der Waals surface area contributed by atoms with Gasteiger partial charge in [-0.15, -0.1) is 0 Å². The zero-order valence-electron chi connectivity index (χ0n) is 14.0. The summed E-state index contributed by atoms with van der Waals surface area (Å²) in [6, 6.07) is 5.95. The van der Waals surface area contributed by atoms with Crippen molar-refractivity contribution in [3.8, 4) is 0 Å². The van der Waals surface area contributed by atoms with Crippen molar-refractivity contribution in [1.82, 2.24) is 9.97 Å². The van der Waals surface area contributed by atoms with Crippen LogP contribution in [0.2, 0.25) is 0 Å². The Morgan fingerprint density at radius 3 is 2.62 bits per heavy atom. The minimum absolute atomic E-state index is 0.0553. The molecule has 0 aliphatic carbocycles. The van der Waals surface area contributed by atoms with Crippen LogP contribution in [-0.4, -0.2) is 28.0 Å². The maximum atomic E-state index is 11.7. The summed E-state index contributed by atoms with van der Waals surface area (Å²) in [7, 11) is 0. The summed E-state index contributed by atoms with van der Waals surface area (Å²) in [6.45, 7) is 5.53. The van der Waals surface area contributed by atoms with Gasteiger partial charge in [0.1, 0.15) is 6.33 Å². The Bertz CT molecular complexity index is 757. The van der Waals surface area contributed by atoms with Crippen molar-refractivity contribution < 1.29 is 4.92 Å². The molecule has 3 rings (SSSR count). The van der Waals surface area contributed by atoms with Gasteiger partial charge in [0.25, 0.3) is 0 Å². The molecule has 1 aromatic carbocycles. The van der Waals surface area contributed by atoms with Crippen molar-refractivity contribution in [2.24, 2.45) is 0 Å². The van der Waals surface area contributed by atoms with Crippen molar-refractivity contribution >= 4 is 23.0 Å². The van der Waals surface area contributed by atoms with Gasteiger partial charge in [0.05, 0.1) is 4.92 Å². The molecular formula is C17H21N5O2. The van der Waals surface area contributed by atoms with Gasteiger partial charge in [-0.25, -0.2) is 9.97 Å². The van der Waals surface area contributed by atoms with Gasteiger partial charge in [-0.2, -0.15) is 0 Å². The van der Waals surface area contributed by atoms with Crippen LogP contribution in [0.3, 0.4) is 0 Å². The first-order valence-electron chi connectivity index (χ1n) is 8.15. The highest BCUT2D eigenvalue weighted by molar-refractivity contribution is 5.75. The molecule has 24 heavy (non-hydrogen) atoms. The molecule has 1 N–H and O–H groups in total. The predicted molar refractivity (Wildman–Crippen MR) is 93.9 cm³/mol. The topological polar surface area (TPSA) is 84.2 Å². The Kier molecular flexibility index (Phi) is 4.59. The first-order valence-corrected chi connectivity index (χ1v) is 8.15. The van der Waals surface area contributed by atoms with Gasteiger partial charge in [0.2, 0.25) is 11.6 Å². The number of aryl methyl sites for hydroxylation is 2. The number of nitrogens with one attached hydrogen (secondary N) is 1. The molecule has 2 heterocycles. The van der Waals surface area contributed by atoms with Crippen LogP contribution < -0.4 is 10.2 Å². The van der Waals surface area contributed by atoms with E-state index in [1.165, 1.54) is 6.33 Å². The number of hydrogen-bond acceptors (Lipinski definition) is 6. The SMILES string of the molecule is Cc1ccc(C)c(Nc2ncnc(N3CCCCC3)c2[N+](=O)[O-])c1. The molecule has 1 aliphatic rings. The number of piperidine rings is 1. The van der Waals surface area contributed by atoms with Gasteiger partial charge in [0, 0.05) is 18.8 Å². The number of nitrogens with zero attached hydrogens (tertiary/aromatic N) is 4. The number of aromatic nitrogens is 2. The van der Waals surface area contributed by atoms with Crippen molar-refractivity contribution in [2.45, 2.75) is 33.1 Å². The Morgan fingerprint density at radius 1 is 1.17 bits per heavy atom. The third-order valence-corrected chi connectivity index (χ3v) is 4.29. The molecule has 1 aromatic heterocycles. The lowest BCUT2D eigenvalue weighted by Gasteiger charge is -2.27. The van der Waals surface area contributed by atoms with E-state index >= 15 is 0 Å². The van der Waals surface area contributed by atoms with Crippen LogP contribution in [0.1, 0.15) is 30.4 Å². The molecule has 0 radical (unpaired) electrons. The van der Waals surface area contributed by atoms with Crippen LogP contribution >= 0.6 is 0 Å². The smallest absolute Gasteiger partial charge is 0.351 e. The van der Waals surface area contributed by atoms with E-state index in [2.05, 4.69) is 15.3 Å². The van der Waals surface area contributed by atoms with Crippen LogP contribution in [-0.2, 0) is 0 Å². The van der Waals surface area contributed by atoms with Crippen LogP contribution in [0, 0.1) is 24.0 Å². The average molecular weight is 327 g/mol. The molecule has 1 aliphatic heterocycles. The summed E-state index contributed by atoms with van der Waals surface area (Å²) in [5, 5.41) is 14.8. The number of nitro groups is 1. The quantitative estimate of drug-likeness (QED) is 0.680. The molecular weight excluding hydrogens is 306 g/mol. The molecule has 7 heteroatoms. The maximum absolute atomic E-state index is 11.7. The molecule has 2 aromatic rings. The second-order valence-electron chi connectivity index (χ2n) is 6.14. The molecule has 7 nitrogen and oxygen atoms in total. The minimum atomic E-state index is -0.391. The Morgan fingerprint density at radius 2 is 1.92 bits per heavy atom. The van der Waals surface area contributed by atoms with Gasteiger partial charge in [-0.05, 0) is 50.3 Å². The van der Waals surface area contributed by atoms with Crippen LogP contribution in [0.4, 0.5) is 23.0 Å². The zero-order valence-corrected chi connectivity index (χ0v) is 14.0. The normalized spacial score (nSPS) is 14.5. The maximum Gasteiger partial charge on any atom is 0.353 e. The molecule has 0 unspecified atom stereocenters. The van der Waals surface area contributed by atoms with Crippen LogP contribution in [0.25, 0.3) is 0 Å². The van der Waals surface area contributed by atoms with E-state index in [1.807, 2.05) is 36.9 Å². The van der Waals surface area contributed by atoms with E-state index < -0.39 is 4.92 Å². The molecule has 126 valence electrons.